The Balaban J connectivity index is 0.00000256. The molecule has 16 heavy (non-hydrogen) atoms. The number of carbonyl (C=O) groups is 1. The Hall–Kier alpha value is -1.16. The summed E-state index contributed by atoms with van der Waals surface area (Å²) in [6, 6.07) is 2.11. The van der Waals surface area contributed by atoms with E-state index in [4.69, 9.17) is 0 Å². The minimum Gasteiger partial charge on any atom is -0.309 e. The summed E-state index contributed by atoms with van der Waals surface area (Å²) in [5.41, 5.74) is 0.714. The van der Waals surface area contributed by atoms with Crippen LogP contribution in [-0.4, -0.2) is 41.1 Å². The van der Waals surface area contributed by atoms with Crippen molar-refractivity contribution < 1.29 is 6.22 Å². The first-order valence-corrected chi connectivity index (χ1v) is 5.75. The van der Waals surface area contributed by atoms with Gasteiger partial charge in [0.05, 0.1) is 6.04 Å². The van der Waals surface area contributed by atoms with Crippen LogP contribution in [0.5, 0.6) is 0 Å². The predicted molar refractivity (Wildman–Crippen MR) is 66.8 cm³/mol. The molecule has 92 valence electrons. The van der Waals surface area contributed by atoms with Crippen molar-refractivity contribution in [1.29, 1.82) is 0 Å². The van der Waals surface area contributed by atoms with E-state index in [-0.39, 0.29) is 7.21 Å². The molecule has 0 aliphatic heterocycles. The molecule has 1 atom stereocenters. The zero-order chi connectivity index (χ0) is 12.1. The Labute approximate surface area is 98.7 Å². The van der Waals surface area contributed by atoms with Crippen LogP contribution in [0, 0.1) is 0 Å². The van der Waals surface area contributed by atoms with Crippen molar-refractivity contribution in [2.45, 2.75) is 32.7 Å². The van der Waals surface area contributed by atoms with Gasteiger partial charge in [0.25, 0.3) is 0 Å². The summed E-state index contributed by atoms with van der Waals surface area (Å²) in [6.45, 7) is 4.73. The van der Waals surface area contributed by atoms with E-state index in [0.29, 0.717) is 11.7 Å². The number of carbonyl (C=O) groups excluding carboxylic acids is 1. The van der Waals surface area contributed by atoms with Crippen LogP contribution in [0.1, 0.15) is 44.6 Å². The molecule has 0 radical (unpaired) electrons. The molecule has 0 fully saturated rings. The van der Waals surface area contributed by atoms with Gasteiger partial charge in [-0.05, 0) is 39.5 Å². The molecular weight excluding hydrogens is 202 g/mol. The molecular formula is C12H23N3O. The monoisotopic (exact) mass is 225 g/mol. The van der Waals surface area contributed by atoms with Gasteiger partial charge in [-0.25, -0.2) is 0 Å². The Kier molecular flexibility index (Phi) is 4.68. The minimum absolute atomic E-state index is 0. The first-order valence-electron chi connectivity index (χ1n) is 5.75. The zero-order valence-corrected chi connectivity index (χ0v) is 10.6. The molecule has 0 N–H and O–H groups in total. The number of aromatic nitrogens is 2. The van der Waals surface area contributed by atoms with Gasteiger partial charge in [-0.3, -0.25) is 9.48 Å². The van der Waals surface area contributed by atoms with Gasteiger partial charge in [-0.2, -0.15) is 5.10 Å². The molecule has 4 nitrogen and oxygen atoms in total. The topological polar surface area (TPSA) is 38.1 Å². The molecule has 0 aliphatic carbocycles. The number of nitrogens with zero attached hydrogens (tertiary/aromatic N) is 3. The van der Waals surface area contributed by atoms with Gasteiger partial charge in [0.15, 0.2) is 5.78 Å². The summed E-state index contributed by atoms with van der Waals surface area (Å²) in [6.07, 6.45) is 3.72. The van der Waals surface area contributed by atoms with Crippen LogP contribution in [0.4, 0.5) is 0 Å². The Morgan fingerprint density at radius 3 is 2.81 bits per heavy atom. The van der Waals surface area contributed by atoms with E-state index in [9.17, 15) is 4.79 Å². The van der Waals surface area contributed by atoms with Crippen molar-refractivity contribution in [3.63, 3.8) is 0 Å². The number of rotatable bonds is 6. The van der Waals surface area contributed by atoms with Crippen LogP contribution in [0.2, 0.25) is 0 Å². The molecule has 4 heteroatoms. The van der Waals surface area contributed by atoms with Crippen molar-refractivity contribution in [2.75, 3.05) is 20.6 Å². The molecule has 1 aromatic heterocycles. The van der Waals surface area contributed by atoms with Gasteiger partial charge in [0.1, 0.15) is 5.69 Å². The van der Waals surface area contributed by atoms with E-state index in [0.717, 1.165) is 19.4 Å². The summed E-state index contributed by atoms with van der Waals surface area (Å²) in [5.74, 6) is 0.0841. The lowest BCUT2D eigenvalue weighted by molar-refractivity contribution is 0.0999. The van der Waals surface area contributed by atoms with Crippen molar-refractivity contribution >= 4 is 5.78 Å². The third-order valence-corrected chi connectivity index (χ3v) is 2.76. The van der Waals surface area contributed by atoms with Crippen LogP contribution in [0.15, 0.2) is 12.3 Å². The Morgan fingerprint density at radius 2 is 2.31 bits per heavy atom. The lowest BCUT2D eigenvalue weighted by Gasteiger charge is -2.19. The third-order valence-electron chi connectivity index (χ3n) is 2.76. The Bertz CT molecular complexity index is 349. The molecule has 0 spiro atoms. The van der Waals surface area contributed by atoms with Crippen molar-refractivity contribution in [3.8, 4) is 0 Å². The lowest BCUT2D eigenvalue weighted by Crippen LogP contribution is -2.21. The molecule has 1 unspecified atom stereocenters. The SMILES string of the molecule is CCC(CCN(C)C)n1nccc1C(C)=O.[HH]. The molecule has 1 heterocycles. The van der Waals surface area contributed by atoms with E-state index >= 15 is 0 Å². The van der Waals surface area contributed by atoms with E-state index < -0.39 is 0 Å². The molecule has 0 aliphatic rings. The predicted octanol–water partition coefficient (Wildman–Crippen LogP) is 2.23. The summed E-state index contributed by atoms with van der Waals surface area (Å²) >= 11 is 0. The number of hydrogen-bond donors (Lipinski definition) is 0. The number of Topliss-reactive ketones (excluding diaryl/α,β-unsaturated/α-hetero) is 1. The number of ketones is 1. The fourth-order valence-electron chi connectivity index (χ4n) is 1.79. The third kappa shape index (κ3) is 3.17. The largest absolute Gasteiger partial charge is 0.309 e. The molecule has 0 amide bonds. The van der Waals surface area contributed by atoms with Crippen LogP contribution < -0.4 is 0 Å². The summed E-state index contributed by atoms with van der Waals surface area (Å²) < 4.78 is 1.87. The highest BCUT2D eigenvalue weighted by Crippen LogP contribution is 2.17. The van der Waals surface area contributed by atoms with Crippen LogP contribution in [0.25, 0.3) is 0 Å². The van der Waals surface area contributed by atoms with Gasteiger partial charge in [-0.1, -0.05) is 6.92 Å². The minimum atomic E-state index is 0. The molecule has 0 aromatic carbocycles. The fourth-order valence-corrected chi connectivity index (χ4v) is 1.79. The standard InChI is InChI=1S/C12H21N3O.H2/c1-5-11(7-9-14(3)4)15-12(10(2)16)6-8-13-15;/h6,8,11H,5,7,9H2,1-4H3;1H. The van der Waals surface area contributed by atoms with Gasteiger partial charge < -0.3 is 4.90 Å². The maximum absolute atomic E-state index is 11.4. The van der Waals surface area contributed by atoms with E-state index in [1.54, 1.807) is 19.2 Å². The first-order chi connectivity index (χ1) is 7.56. The average molecular weight is 225 g/mol. The average Bonchev–Trinajstić information content (AvgIpc) is 2.67. The van der Waals surface area contributed by atoms with Gasteiger partial charge >= 0.3 is 0 Å². The van der Waals surface area contributed by atoms with Gasteiger partial charge in [0, 0.05) is 14.5 Å². The second kappa shape index (κ2) is 5.80. The highest BCUT2D eigenvalue weighted by atomic mass is 16.1. The summed E-state index contributed by atoms with van der Waals surface area (Å²) in [7, 11) is 4.11. The molecule has 0 bridgehead atoms. The molecule has 0 saturated carbocycles. The van der Waals surface area contributed by atoms with E-state index in [1.807, 2.05) is 4.68 Å². The number of hydrogen-bond acceptors (Lipinski definition) is 3. The summed E-state index contributed by atoms with van der Waals surface area (Å²) in [5, 5.41) is 4.26. The molecule has 0 saturated heterocycles. The first kappa shape index (κ1) is 12.9. The van der Waals surface area contributed by atoms with Crippen molar-refractivity contribution in [2.24, 2.45) is 0 Å². The molecule has 1 aromatic rings. The maximum atomic E-state index is 11.4. The van der Waals surface area contributed by atoms with Crippen LogP contribution in [0.3, 0.4) is 0 Å². The zero-order valence-electron chi connectivity index (χ0n) is 10.6. The fraction of sp³-hybridized carbons (Fsp3) is 0.667. The maximum Gasteiger partial charge on any atom is 0.177 e. The quantitative estimate of drug-likeness (QED) is 0.697. The van der Waals surface area contributed by atoms with Crippen molar-refractivity contribution in [1.82, 2.24) is 14.7 Å². The van der Waals surface area contributed by atoms with Crippen molar-refractivity contribution in [3.05, 3.63) is 18.0 Å². The Morgan fingerprint density at radius 1 is 1.62 bits per heavy atom. The van der Waals surface area contributed by atoms with Crippen LogP contribution >= 0.6 is 0 Å². The van der Waals surface area contributed by atoms with Crippen LogP contribution in [-0.2, 0) is 0 Å². The second-order valence-corrected chi connectivity index (χ2v) is 4.37. The smallest absolute Gasteiger partial charge is 0.177 e. The normalized spacial score (nSPS) is 13.1. The highest BCUT2D eigenvalue weighted by Gasteiger charge is 2.15. The molecule has 1 rings (SSSR count). The highest BCUT2D eigenvalue weighted by molar-refractivity contribution is 5.92. The van der Waals surface area contributed by atoms with E-state index in [1.165, 1.54) is 0 Å². The van der Waals surface area contributed by atoms with Gasteiger partial charge in [-0.15, -0.1) is 0 Å². The van der Waals surface area contributed by atoms with E-state index in [2.05, 4.69) is 31.0 Å². The summed E-state index contributed by atoms with van der Waals surface area (Å²) in [4.78, 5) is 13.6. The van der Waals surface area contributed by atoms with Gasteiger partial charge in [0.2, 0.25) is 0 Å². The lowest BCUT2D eigenvalue weighted by atomic mass is 10.1. The second-order valence-electron chi connectivity index (χ2n) is 4.37.